The highest BCUT2D eigenvalue weighted by atomic mass is 32.3. The molecule has 2 rings (SSSR count). The molecule has 0 aliphatic carbocycles. The molecule has 10 atom stereocenters. The topological polar surface area (TPSA) is 294 Å². The van der Waals surface area contributed by atoms with Gasteiger partial charge in [0.25, 0.3) is 0 Å². The molecule has 0 radical (unpaired) electrons. The number of ether oxygens (including phenoxy) is 3. The molecular weight excluding hydrogens is 556 g/mol. The Labute approximate surface area is 210 Å². The zero-order valence-corrected chi connectivity index (χ0v) is 20.8. The lowest BCUT2D eigenvalue weighted by molar-refractivity contribution is -0.323. The predicted octanol–water partition coefficient (Wildman–Crippen LogP) is -5.46. The van der Waals surface area contributed by atoms with Crippen LogP contribution in [0.1, 0.15) is 13.8 Å². The number of nitrogens with one attached hydrogen (secondary N) is 2. The van der Waals surface area contributed by atoms with Crippen molar-refractivity contribution >= 4 is 32.6 Å². The van der Waals surface area contributed by atoms with Crippen LogP contribution in [0.15, 0.2) is 0 Å². The Bertz CT molecular complexity index is 1020. The molecule has 2 saturated heterocycles. The maximum absolute atomic E-state index is 11.8. The molecule has 2 aliphatic heterocycles. The van der Waals surface area contributed by atoms with Gasteiger partial charge in [0, 0.05) is 13.8 Å². The monoisotopic (exact) mass is 584 g/mol. The van der Waals surface area contributed by atoms with E-state index in [1.807, 2.05) is 0 Å². The van der Waals surface area contributed by atoms with Crippen molar-refractivity contribution in [2.75, 3.05) is 13.2 Å². The highest BCUT2D eigenvalue weighted by Gasteiger charge is 2.54. The van der Waals surface area contributed by atoms with Crippen molar-refractivity contribution in [3.8, 4) is 0 Å². The number of hydrogen-bond acceptors (Lipinski definition) is 15. The molecule has 2 aliphatic rings. The third-order valence-electron chi connectivity index (χ3n) is 5.20. The van der Waals surface area contributed by atoms with E-state index in [0.717, 1.165) is 13.8 Å². The van der Waals surface area contributed by atoms with Crippen LogP contribution in [0.4, 0.5) is 0 Å². The van der Waals surface area contributed by atoms with Crippen LogP contribution in [0.2, 0.25) is 0 Å². The van der Waals surface area contributed by atoms with Gasteiger partial charge in [0.05, 0.1) is 13.2 Å². The lowest BCUT2D eigenvalue weighted by Crippen LogP contribution is -2.70. The molecule has 2 amide bonds. The van der Waals surface area contributed by atoms with Gasteiger partial charge in [0.2, 0.25) is 11.8 Å². The molecule has 0 bridgehead atoms. The van der Waals surface area contributed by atoms with Crippen molar-refractivity contribution < 1.29 is 78.5 Å². The maximum atomic E-state index is 11.8. The Kier molecular flexibility index (Phi) is 10.7. The molecule has 216 valence electrons. The molecule has 0 unspecified atom stereocenters. The minimum absolute atomic E-state index is 0.826. The van der Waals surface area contributed by atoms with Gasteiger partial charge in [0.1, 0.15) is 48.7 Å². The van der Waals surface area contributed by atoms with Gasteiger partial charge in [-0.25, -0.2) is 8.37 Å². The van der Waals surface area contributed by atoms with E-state index in [1.54, 1.807) is 0 Å². The minimum Gasteiger partial charge on any atom is -0.394 e. The van der Waals surface area contributed by atoms with Gasteiger partial charge in [0.15, 0.2) is 12.6 Å². The zero-order chi connectivity index (χ0) is 28.3. The second-order valence-electron chi connectivity index (χ2n) is 7.99. The summed E-state index contributed by atoms with van der Waals surface area (Å²) >= 11 is 0. The van der Waals surface area contributed by atoms with Gasteiger partial charge in [-0.05, 0) is 0 Å². The van der Waals surface area contributed by atoms with Gasteiger partial charge in [-0.3, -0.25) is 18.7 Å². The van der Waals surface area contributed by atoms with Crippen LogP contribution in [0.25, 0.3) is 0 Å². The fourth-order valence-corrected chi connectivity index (χ4v) is 4.88. The van der Waals surface area contributed by atoms with E-state index in [-0.39, 0.29) is 0 Å². The van der Waals surface area contributed by atoms with Gasteiger partial charge >= 0.3 is 20.8 Å². The van der Waals surface area contributed by atoms with E-state index in [0.29, 0.717) is 0 Å². The first-order chi connectivity index (χ1) is 17.0. The smallest absolute Gasteiger partial charge is 0.394 e. The van der Waals surface area contributed by atoms with Crippen molar-refractivity contribution in [1.82, 2.24) is 10.6 Å². The average Bonchev–Trinajstić information content (AvgIpc) is 2.74. The van der Waals surface area contributed by atoms with Crippen LogP contribution in [0.3, 0.4) is 0 Å². The Morgan fingerprint density at radius 3 is 1.73 bits per heavy atom. The quantitative estimate of drug-likeness (QED) is 0.111. The number of carbonyl (C=O) groups excluding carboxylic acids is 2. The largest absolute Gasteiger partial charge is 0.397 e. The van der Waals surface area contributed by atoms with Gasteiger partial charge in [-0.1, -0.05) is 0 Å². The predicted molar refractivity (Wildman–Crippen MR) is 113 cm³/mol. The number of rotatable bonds is 10. The fourth-order valence-electron chi connectivity index (χ4n) is 3.86. The summed E-state index contributed by atoms with van der Waals surface area (Å²) < 4.78 is 89.5. The minimum atomic E-state index is -5.32. The van der Waals surface area contributed by atoms with Gasteiger partial charge in [-0.15, -0.1) is 0 Å². The van der Waals surface area contributed by atoms with Crippen molar-refractivity contribution in [1.29, 1.82) is 0 Å². The van der Waals surface area contributed by atoms with E-state index in [4.69, 9.17) is 18.8 Å². The average molecular weight is 585 g/mol. The molecule has 0 saturated carbocycles. The van der Waals surface area contributed by atoms with E-state index < -0.39 is 107 Å². The Balaban J connectivity index is 2.55. The van der Waals surface area contributed by atoms with E-state index >= 15 is 0 Å². The molecule has 21 heteroatoms. The summed E-state index contributed by atoms with van der Waals surface area (Å²) in [6.07, 6.45) is -15.3. The number of hydrogen-bond donors (Lipinski definition) is 8. The number of aliphatic hydroxyl groups is 4. The first-order valence-corrected chi connectivity index (χ1v) is 13.1. The molecular formula is C16H28N2O17S2. The van der Waals surface area contributed by atoms with Crippen LogP contribution in [0, 0.1) is 0 Å². The fraction of sp³-hybridized carbons (Fsp3) is 0.875. The molecule has 0 aromatic rings. The Morgan fingerprint density at radius 1 is 0.784 bits per heavy atom. The van der Waals surface area contributed by atoms with Crippen molar-refractivity contribution in [2.45, 2.75) is 75.1 Å². The molecule has 19 nitrogen and oxygen atoms in total. The Morgan fingerprint density at radius 2 is 1.27 bits per heavy atom. The second-order valence-corrected chi connectivity index (χ2v) is 10.1. The number of aliphatic hydroxyl groups excluding tert-OH is 4. The van der Waals surface area contributed by atoms with Crippen LogP contribution >= 0.6 is 0 Å². The van der Waals surface area contributed by atoms with Crippen molar-refractivity contribution in [3.05, 3.63) is 0 Å². The van der Waals surface area contributed by atoms with E-state index in [2.05, 4.69) is 19.0 Å². The van der Waals surface area contributed by atoms with Crippen molar-refractivity contribution in [2.24, 2.45) is 0 Å². The van der Waals surface area contributed by atoms with Crippen LogP contribution in [0.5, 0.6) is 0 Å². The normalized spacial score (nSPS) is 37.1. The van der Waals surface area contributed by atoms with E-state index in [1.165, 1.54) is 0 Å². The summed E-state index contributed by atoms with van der Waals surface area (Å²) in [5.74, 6) is -1.69. The SMILES string of the molecule is CC(=O)N[C@@H]1[C@@H](OS(=O)(=O)O)[C@H](O[C@@H]2O[C@H](CO)[C@H](O)[C@H](OS(=O)(=O)O)[C@H]2NC(C)=O)[C@@H](CO)O[C@H]1O. The van der Waals surface area contributed by atoms with Crippen molar-refractivity contribution in [3.63, 3.8) is 0 Å². The van der Waals surface area contributed by atoms with Crippen LogP contribution in [-0.4, -0.2) is 133 Å². The lowest BCUT2D eigenvalue weighted by atomic mass is 9.94. The first-order valence-electron chi connectivity index (χ1n) is 10.4. The summed E-state index contributed by atoms with van der Waals surface area (Å²) in [7, 11) is -10.6. The summed E-state index contributed by atoms with van der Waals surface area (Å²) in [6.45, 7) is -0.0389. The molecule has 2 heterocycles. The molecule has 2 fully saturated rings. The number of carbonyl (C=O) groups is 2. The molecule has 0 aromatic heterocycles. The van der Waals surface area contributed by atoms with Crippen LogP contribution < -0.4 is 10.6 Å². The third kappa shape index (κ3) is 8.71. The highest BCUT2D eigenvalue weighted by Crippen LogP contribution is 2.32. The molecule has 0 spiro atoms. The van der Waals surface area contributed by atoms with Gasteiger partial charge < -0.3 is 45.3 Å². The maximum Gasteiger partial charge on any atom is 0.397 e. The summed E-state index contributed by atoms with van der Waals surface area (Å²) in [6, 6.07) is -3.55. The highest BCUT2D eigenvalue weighted by molar-refractivity contribution is 7.81. The number of amides is 2. The van der Waals surface area contributed by atoms with Gasteiger partial charge in [-0.2, -0.15) is 16.8 Å². The van der Waals surface area contributed by atoms with Crippen LogP contribution in [-0.2, 0) is 53.0 Å². The summed E-state index contributed by atoms with van der Waals surface area (Å²) in [4.78, 5) is 23.4. The first kappa shape index (κ1) is 31.6. The summed E-state index contributed by atoms with van der Waals surface area (Å²) in [5, 5.41) is 44.2. The second kappa shape index (κ2) is 12.5. The zero-order valence-electron chi connectivity index (χ0n) is 19.2. The lowest BCUT2D eigenvalue weighted by Gasteiger charge is -2.48. The standard InChI is InChI=1S/C16H28N2O17S2/c1-5(21)17-9-14(35-37(28,29)30)12(8(4-20)31-15(9)24)33-16-10(18-6(2)22)13(34-36(25,26)27)11(23)7(3-19)32-16/h7-16,19-20,23-24H,3-4H2,1-2H3,(H,17,21)(H,18,22)(H,25,26,27)(H,28,29,30)/t7-,8-,9-,10-,11+,12-,13-,14-,15-,16+/m1/s1. The molecule has 8 N–H and O–H groups in total. The third-order valence-corrected chi connectivity index (χ3v) is 6.13. The molecule has 0 aromatic carbocycles. The van der Waals surface area contributed by atoms with E-state index in [9.17, 15) is 51.4 Å². The summed E-state index contributed by atoms with van der Waals surface area (Å²) in [5.41, 5.74) is 0. The molecule has 37 heavy (non-hydrogen) atoms. The Hall–Kier alpha value is -1.60.